The molecule has 7 nitrogen and oxygen atoms in total. The lowest BCUT2D eigenvalue weighted by Gasteiger charge is -2.08. The van der Waals surface area contributed by atoms with Gasteiger partial charge in [-0.2, -0.15) is 5.26 Å². The number of aryl methyl sites for hydroxylation is 1. The Bertz CT molecular complexity index is 656. The second kappa shape index (κ2) is 5.18. The van der Waals surface area contributed by atoms with Crippen molar-refractivity contribution in [2.45, 2.75) is 6.92 Å². The van der Waals surface area contributed by atoms with Crippen LogP contribution in [0.15, 0.2) is 18.2 Å². The van der Waals surface area contributed by atoms with Gasteiger partial charge in [0.05, 0.1) is 24.4 Å². The molecule has 1 aromatic heterocycles. The normalized spacial score (nSPS) is 9.74. The van der Waals surface area contributed by atoms with Crippen molar-refractivity contribution >= 4 is 11.6 Å². The molecular weight excluding hydrogens is 246 g/mol. The Hall–Kier alpha value is -2.88. The molecule has 0 aliphatic heterocycles. The first kappa shape index (κ1) is 12.6. The summed E-state index contributed by atoms with van der Waals surface area (Å²) in [5.74, 6) is 0.549. The van der Waals surface area contributed by atoms with Gasteiger partial charge >= 0.3 is 0 Å². The Morgan fingerprint density at radius 1 is 1.53 bits per heavy atom. The zero-order valence-electron chi connectivity index (χ0n) is 10.4. The van der Waals surface area contributed by atoms with E-state index in [0.717, 1.165) is 0 Å². The van der Waals surface area contributed by atoms with Gasteiger partial charge in [-0.25, -0.2) is 4.98 Å². The molecule has 19 heavy (non-hydrogen) atoms. The lowest BCUT2D eigenvalue weighted by molar-refractivity contribution is 0.101. The molecule has 0 spiro atoms. The summed E-state index contributed by atoms with van der Waals surface area (Å²) >= 11 is 0. The Morgan fingerprint density at radius 3 is 2.89 bits per heavy atom. The quantitative estimate of drug-likeness (QED) is 0.861. The minimum absolute atomic E-state index is 0.0453. The number of benzene rings is 1. The number of methoxy groups -OCH3 is 1. The molecule has 2 N–H and O–H groups in total. The van der Waals surface area contributed by atoms with Crippen LogP contribution in [0.2, 0.25) is 0 Å². The van der Waals surface area contributed by atoms with Gasteiger partial charge in [0, 0.05) is 6.07 Å². The minimum Gasteiger partial charge on any atom is -0.495 e. The van der Waals surface area contributed by atoms with Crippen molar-refractivity contribution in [2.24, 2.45) is 0 Å². The Labute approximate surface area is 109 Å². The van der Waals surface area contributed by atoms with E-state index in [9.17, 15) is 4.79 Å². The van der Waals surface area contributed by atoms with Crippen molar-refractivity contribution in [3.05, 3.63) is 35.4 Å². The predicted octanol–water partition coefficient (Wildman–Crippen LogP) is 1.25. The molecular formula is C12H11N5O2. The number of aromatic amines is 1. The molecule has 0 fully saturated rings. The van der Waals surface area contributed by atoms with E-state index in [4.69, 9.17) is 10.00 Å². The summed E-state index contributed by atoms with van der Waals surface area (Å²) in [7, 11) is 1.46. The van der Waals surface area contributed by atoms with Gasteiger partial charge in [-0.05, 0) is 19.1 Å². The molecule has 0 saturated carbocycles. The number of carbonyl (C=O) groups is 1. The highest BCUT2D eigenvalue weighted by Gasteiger charge is 2.14. The number of amides is 1. The molecule has 0 radical (unpaired) electrons. The maximum atomic E-state index is 11.9. The summed E-state index contributed by atoms with van der Waals surface area (Å²) in [6.07, 6.45) is 0. The van der Waals surface area contributed by atoms with Crippen molar-refractivity contribution in [3.8, 4) is 11.8 Å². The largest absolute Gasteiger partial charge is 0.495 e. The van der Waals surface area contributed by atoms with Crippen molar-refractivity contribution in [3.63, 3.8) is 0 Å². The smallest absolute Gasteiger partial charge is 0.295 e. The molecule has 0 unspecified atom stereocenters. The van der Waals surface area contributed by atoms with Gasteiger partial charge in [-0.15, -0.1) is 5.10 Å². The van der Waals surface area contributed by atoms with Gasteiger partial charge in [0.2, 0.25) is 5.82 Å². The lowest BCUT2D eigenvalue weighted by Crippen LogP contribution is -2.14. The number of nitrogens with one attached hydrogen (secondary N) is 2. The van der Waals surface area contributed by atoms with Crippen LogP contribution >= 0.6 is 0 Å². The minimum atomic E-state index is -0.452. The number of aromatic nitrogens is 3. The number of hydrogen-bond acceptors (Lipinski definition) is 5. The summed E-state index contributed by atoms with van der Waals surface area (Å²) in [5.41, 5.74) is 0.901. The standard InChI is InChI=1S/C12H11N5O2/c1-7-14-11(17-16-7)12(18)15-9-4-3-8(6-13)5-10(9)19-2/h3-5H,1-2H3,(H,15,18)(H,14,16,17). The monoisotopic (exact) mass is 257 g/mol. The second-order valence-corrected chi connectivity index (χ2v) is 3.73. The first-order chi connectivity index (χ1) is 9.13. The number of hydrogen-bond donors (Lipinski definition) is 2. The number of nitrogens with zero attached hydrogens (tertiary/aromatic N) is 3. The SMILES string of the molecule is COc1cc(C#N)ccc1NC(=O)c1n[nH]c(C)n1. The van der Waals surface area contributed by atoms with Gasteiger partial charge in [-0.3, -0.25) is 9.89 Å². The fourth-order valence-electron chi connectivity index (χ4n) is 1.49. The number of H-pyrrole nitrogens is 1. The van der Waals surface area contributed by atoms with Crippen LogP contribution in [0.5, 0.6) is 5.75 Å². The molecule has 2 rings (SSSR count). The molecule has 7 heteroatoms. The van der Waals surface area contributed by atoms with Gasteiger partial charge in [0.25, 0.3) is 5.91 Å². The first-order valence-corrected chi connectivity index (χ1v) is 5.42. The van der Waals surface area contributed by atoms with Crippen LogP contribution in [0.3, 0.4) is 0 Å². The third-order valence-electron chi connectivity index (χ3n) is 2.38. The molecule has 2 aromatic rings. The molecule has 0 atom stereocenters. The average molecular weight is 257 g/mol. The van der Waals surface area contributed by atoms with Crippen LogP contribution in [-0.2, 0) is 0 Å². The summed E-state index contributed by atoms with van der Waals surface area (Å²) in [6, 6.07) is 6.71. The van der Waals surface area contributed by atoms with E-state index in [1.165, 1.54) is 7.11 Å². The molecule has 1 amide bonds. The van der Waals surface area contributed by atoms with Crippen molar-refractivity contribution in [2.75, 3.05) is 12.4 Å². The summed E-state index contributed by atoms with van der Waals surface area (Å²) in [5, 5.41) is 17.8. The molecule has 1 aromatic carbocycles. The highest BCUT2D eigenvalue weighted by atomic mass is 16.5. The fourth-order valence-corrected chi connectivity index (χ4v) is 1.49. The van der Waals surface area contributed by atoms with Crippen molar-refractivity contribution in [1.82, 2.24) is 15.2 Å². The van der Waals surface area contributed by atoms with Crippen LogP contribution in [0, 0.1) is 18.3 Å². The van der Waals surface area contributed by atoms with E-state index in [1.54, 1.807) is 25.1 Å². The zero-order valence-corrected chi connectivity index (χ0v) is 10.4. The van der Waals surface area contributed by atoms with E-state index in [-0.39, 0.29) is 5.82 Å². The summed E-state index contributed by atoms with van der Waals surface area (Å²) in [6.45, 7) is 1.70. The fraction of sp³-hybridized carbons (Fsp3) is 0.167. The Morgan fingerprint density at radius 2 is 2.32 bits per heavy atom. The molecule has 0 saturated heterocycles. The third kappa shape index (κ3) is 2.69. The highest BCUT2D eigenvalue weighted by Crippen LogP contribution is 2.25. The van der Waals surface area contributed by atoms with Crippen LogP contribution in [0.4, 0.5) is 5.69 Å². The highest BCUT2D eigenvalue weighted by molar-refractivity contribution is 6.02. The topological polar surface area (TPSA) is 104 Å². The Balaban J connectivity index is 2.24. The van der Waals surface area contributed by atoms with Crippen LogP contribution in [-0.4, -0.2) is 28.2 Å². The van der Waals surface area contributed by atoms with E-state index < -0.39 is 5.91 Å². The van der Waals surface area contributed by atoms with Gasteiger partial charge in [-0.1, -0.05) is 0 Å². The first-order valence-electron chi connectivity index (χ1n) is 5.42. The van der Waals surface area contributed by atoms with E-state index in [0.29, 0.717) is 22.8 Å². The van der Waals surface area contributed by atoms with Crippen LogP contribution in [0.25, 0.3) is 0 Å². The number of nitriles is 1. The van der Waals surface area contributed by atoms with E-state index in [2.05, 4.69) is 20.5 Å². The van der Waals surface area contributed by atoms with Gasteiger partial charge in [0.15, 0.2) is 0 Å². The van der Waals surface area contributed by atoms with Gasteiger partial charge < -0.3 is 10.1 Å². The summed E-state index contributed by atoms with van der Waals surface area (Å²) < 4.78 is 5.12. The molecule has 0 aliphatic rings. The number of anilines is 1. The van der Waals surface area contributed by atoms with Gasteiger partial charge in [0.1, 0.15) is 11.6 Å². The van der Waals surface area contributed by atoms with E-state index >= 15 is 0 Å². The van der Waals surface area contributed by atoms with Crippen molar-refractivity contribution < 1.29 is 9.53 Å². The third-order valence-corrected chi connectivity index (χ3v) is 2.38. The molecule has 0 bridgehead atoms. The maximum absolute atomic E-state index is 11.9. The van der Waals surface area contributed by atoms with E-state index in [1.807, 2.05) is 6.07 Å². The molecule has 96 valence electrons. The number of rotatable bonds is 3. The maximum Gasteiger partial charge on any atom is 0.295 e. The Kier molecular flexibility index (Phi) is 3.43. The summed E-state index contributed by atoms with van der Waals surface area (Å²) in [4.78, 5) is 15.8. The molecule has 1 heterocycles. The lowest BCUT2D eigenvalue weighted by atomic mass is 10.2. The van der Waals surface area contributed by atoms with Crippen molar-refractivity contribution in [1.29, 1.82) is 5.26 Å². The average Bonchev–Trinajstić information content (AvgIpc) is 2.86. The number of carbonyl (C=O) groups excluding carboxylic acids is 1. The van der Waals surface area contributed by atoms with Crippen LogP contribution < -0.4 is 10.1 Å². The zero-order chi connectivity index (χ0) is 13.8. The predicted molar refractivity (Wildman–Crippen MR) is 66.8 cm³/mol. The second-order valence-electron chi connectivity index (χ2n) is 3.73. The van der Waals surface area contributed by atoms with Crippen LogP contribution in [0.1, 0.15) is 22.0 Å². The number of ether oxygens (including phenoxy) is 1. The molecule has 0 aliphatic carbocycles.